The van der Waals surface area contributed by atoms with E-state index in [0.29, 0.717) is 16.8 Å². The highest BCUT2D eigenvalue weighted by Crippen LogP contribution is 2.39. The zero-order valence-corrected chi connectivity index (χ0v) is 20.0. The average molecular weight is 595 g/mol. The quantitative estimate of drug-likeness (QED) is 0.221. The molecule has 1 aromatic carbocycles. The minimum atomic E-state index is -4.52. The summed E-state index contributed by atoms with van der Waals surface area (Å²) >= 11 is 1.15. The minimum Gasteiger partial charge on any atom is -0.390 e. The van der Waals surface area contributed by atoms with Gasteiger partial charge in [-0.2, -0.15) is 5.21 Å². The zero-order chi connectivity index (χ0) is 23.5. The van der Waals surface area contributed by atoms with E-state index in [0.717, 1.165) is 23.0 Å². The van der Waals surface area contributed by atoms with Gasteiger partial charge in [0.05, 0.1) is 28.0 Å². The van der Waals surface area contributed by atoms with Crippen LogP contribution in [0.4, 0.5) is 0 Å². The first kappa shape index (κ1) is 24.6. The van der Waals surface area contributed by atoms with Gasteiger partial charge < -0.3 is 13.9 Å². The maximum Gasteiger partial charge on any atom is 0.240 e. The number of H-pyrrole nitrogens is 1. The second-order valence-electron chi connectivity index (χ2n) is 6.62. The molecule has 16 heteroatoms. The zero-order valence-electron chi connectivity index (χ0n) is 16.2. The van der Waals surface area contributed by atoms with Crippen LogP contribution in [0.5, 0.6) is 0 Å². The summed E-state index contributed by atoms with van der Waals surface area (Å²) in [6.07, 6.45) is 1.42. The number of hydrogen-bond acceptors (Lipinski definition) is 11. The number of aliphatic hydroxyl groups is 1. The molecule has 0 atom stereocenters. The number of sulfonamides is 1. The summed E-state index contributed by atoms with van der Waals surface area (Å²) in [4.78, 5) is 3.07. The van der Waals surface area contributed by atoms with Crippen molar-refractivity contribution < 1.29 is 25.4 Å². The van der Waals surface area contributed by atoms with Crippen molar-refractivity contribution in [3.8, 4) is 22.5 Å². The lowest BCUT2D eigenvalue weighted by molar-refractivity contribution is 0.277. The van der Waals surface area contributed by atoms with Crippen LogP contribution in [0, 0.1) is 0 Å². The number of primary sulfonamides is 1. The number of rotatable bonds is 6. The number of benzene rings is 1. The Balaban J connectivity index is 0.00000141. The molecule has 0 bridgehead atoms. The Morgan fingerprint density at radius 2 is 1.84 bits per heavy atom. The number of tetrazole rings is 1. The summed E-state index contributed by atoms with van der Waals surface area (Å²) in [6.45, 7) is 0.142. The molecule has 32 heavy (non-hydrogen) atoms. The van der Waals surface area contributed by atoms with Crippen LogP contribution in [0.25, 0.3) is 22.5 Å². The van der Waals surface area contributed by atoms with Crippen LogP contribution >= 0.6 is 23.0 Å². The highest BCUT2D eigenvalue weighted by Gasteiger charge is 2.38. The SMILES string of the molecule is NS(=O)(=O)c1c(S(=O)(=O)C2CNC2)ccc(-c2ccc(CO)nc2)c1-c1nn[nH]n1.OI. The number of aromatic nitrogens is 5. The lowest BCUT2D eigenvalue weighted by Gasteiger charge is -2.28. The van der Waals surface area contributed by atoms with Crippen LogP contribution in [0.3, 0.4) is 0 Å². The average Bonchev–Trinajstić information content (AvgIpc) is 3.26. The molecule has 172 valence electrons. The van der Waals surface area contributed by atoms with Crippen LogP contribution in [-0.2, 0) is 26.5 Å². The van der Waals surface area contributed by atoms with E-state index in [9.17, 15) is 21.9 Å². The van der Waals surface area contributed by atoms with Crippen molar-refractivity contribution >= 4 is 42.9 Å². The van der Waals surface area contributed by atoms with Crippen LogP contribution in [0.1, 0.15) is 5.69 Å². The van der Waals surface area contributed by atoms with Gasteiger partial charge in [0.25, 0.3) is 0 Å². The third-order valence-electron chi connectivity index (χ3n) is 4.76. The van der Waals surface area contributed by atoms with Gasteiger partial charge in [-0.25, -0.2) is 22.0 Å². The van der Waals surface area contributed by atoms with Gasteiger partial charge in [-0.3, -0.25) is 4.98 Å². The second-order valence-corrected chi connectivity index (χ2v) is 10.3. The predicted octanol–water partition coefficient (Wildman–Crippen LogP) is -0.857. The summed E-state index contributed by atoms with van der Waals surface area (Å²) in [5.74, 6) is -0.135. The van der Waals surface area contributed by atoms with Gasteiger partial charge >= 0.3 is 0 Å². The summed E-state index contributed by atoms with van der Waals surface area (Å²) in [6, 6.07) is 5.83. The fourth-order valence-corrected chi connectivity index (χ4v) is 6.32. The van der Waals surface area contributed by atoms with Gasteiger partial charge in [0.2, 0.25) is 15.8 Å². The van der Waals surface area contributed by atoms with Crippen LogP contribution in [-0.4, -0.2) is 69.3 Å². The summed E-state index contributed by atoms with van der Waals surface area (Å²) < 4.78 is 58.3. The largest absolute Gasteiger partial charge is 0.390 e. The third-order valence-corrected chi connectivity index (χ3v) is 8.05. The van der Waals surface area contributed by atoms with E-state index >= 15 is 0 Å². The number of pyridine rings is 1. The van der Waals surface area contributed by atoms with E-state index in [4.69, 9.17) is 8.57 Å². The summed E-state index contributed by atoms with van der Waals surface area (Å²) in [5, 5.41) is 30.1. The molecule has 1 saturated heterocycles. The number of nitrogens with two attached hydrogens (primary N) is 1. The Kier molecular flexibility index (Phi) is 7.53. The number of nitrogens with one attached hydrogen (secondary N) is 2. The van der Waals surface area contributed by atoms with E-state index in [1.165, 1.54) is 18.3 Å². The normalized spacial score (nSPS) is 14.4. The van der Waals surface area contributed by atoms with Crippen molar-refractivity contribution in [3.05, 3.63) is 36.2 Å². The molecule has 0 radical (unpaired) electrons. The molecule has 1 fully saturated rings. The van der Waals surface area contributed by atoms with Gasteiger partial charge in [0.1, 0.15) is 27.9 Å². The van der Waals surface area contributed by atoms with Gasteiger partial charge in [-0.05, 0) is 22.9 Å². The van der Waals surface area contributed by atoms with Crippen molar-refractivity contribution in [1.82, 2.24) is 30.9 Å². The van der Waals surface area contributed by atoms with Gasteiger partial charge in [-0.1, -0.05) is 12.1 Å². The van der Waals surface area contributed by atoms with Gasteiger partial charge in [0.15, 0.2) is 9.84 Å². The molecule has 0 amide bonds. The molecule has 1 aliphatic rings. The Labute approximate surface area is 197 Å². The molecule has 3 aromatic rings. The molecule has 6 N–H and O–H groups in total. The first-order chi connectivity index (χ1) is 15.2. The maximum absolute atomic E-state index is 13.1. The molecule has 0 saturated carbocycles. The van der Waals surface area contributed by atoms with Gasteiger partial charge in [-0.15, -0.1) is 10.2 Å². The predicted molar refractivity (Wildman–Crippen MR) is 120 cm³/mol. The first-order valence-corrected chi connectivity index (χ1v) is 12.9. The van der Waals surface area contributed by atoms with E-state index < -0.39 is 34.9 Å². The molecule has 1 aliphatic heterocycles. The van der Waals surface area contributed by atoms with Crippen molar-refractivity contribution in [2.24, 2.45) is 5.14 Å². The standard InChI is InChI=1S/C16H17N7O5S2.HIO/c17-30(27,28)15-13(29(25,26)11-6-18-7-11)4-3-12(14(15)16-20-22-23-21-16)9-1-2-10(8-24)19-5-9;1-2/h1-5,11,18,24H,6-8H2,(H2,17,27,28)(H,20,21,22,23);2H. The Morgan fingerprint density at radius 1 is 1.12 bits per heavy atom. The van der Waals surface area contributed by atoms with Gasteiger partial charge in [0, 0.05) is 24.8 Å². The Morgan fingerprint density at radius 3 is 2.31 bits per heavy atom. The van der Waals surface area contributed by atoms with E-state index in [1.807, 2.05) is 0 Å². The highest BCUT2D eigenvalue weighted by atomic mass is 127. The molecular formula is C16H18IN7O6S2. The molecule has 2 aromatic heterocycles. The molecule has 13 nitrogen and oxygen atoms in total. The molecule has 3 heterocycles. The highest BCUT2D eigenvalue weighted by molar-refractivity contribution is 14.1. The molecule has 0 unspecified atom stereocenters. The molecule has 0 aliphatic carbocycles. The topological polar surface area (TPSA) is 214 Å². The fraction of sp³-hybridized carbons (Fsp3) is 0.250. The van der Waals surface area contributed by atoms with E-state index in [-0.39, 0.29) is 31.1 Å². The van der Waals surface area contributed by atoms with Crippen LogP contribution < -0.4 is 10.5 Å². The lowest BCUT2D eigenvalue weighted by atomic mass is 10.0. The third kappa shape index (κ3) is 4.65. The monoisotopic (exact) mass is 595 g/mol. The number of nitrogens with zero attached hydrogens (tertiary/aromatic N) is 4. The van der Waals surface area contributed by atoms with Crippen molar-refractivity contribution in [1.29, 1.82) is 0 Å². The lowest BCUT2D eigenvalue weighted by Crippen LogP contribution is -2.51. The second kappa shape index (κ2) is 9.81. The Bertz CT molecular complexity index is 1300. The van der Waals surface area contributed by atoms with Crippen LogP contribution in [0.2, 0.25) is 0 Å². The molecular weight excluding hydrogens is 577 g/mol. The van der Waals surface area contributed by atoms with Crippen molar-refractivity contribution in [2.45, 2.75) is 21.6 Å². The summed E-state index contributed by atoms with van der Waals surface area (Å²) in [5.41, 5.74) is 1.05. The number of sulfone groups is 1. The fourth-order valence-electron chi connectivity index (χ4n) is 3.14. The van der Waals surface area contributed by atoms with Crippen molar-refractivity contribution in [3.63, 3.8) is 0 Å². The smallest absolute Gasteiger partial charge is 0.240 e. The number of hydrogen-bond donors (Lipinski definition) is 5. The Hall–Kier alpha value is -2.09. The van der Waals surface area contributed by atoms with E-state index in [1.54, 1.807) is 12.1 Å². The molecule has 4 rings (SSSR count). The number of halogens is 1. The minimum absolute atomic E-state index is 0.0989. The maximum atomic E-state index is 13.1. The molecule has 0 spiro atoms. The number of aliphatic hydroxyl groups excluding tert-OH is 1. The first-order valence-electron chi connectivity index (χ1n) is 8.85. The summed E-state index contributed by atoms with van der Waals surface area (Å²) in [7, 11) is -8.51. The van der Waals surface area contributed by atoms with Crippen LogP contribution in [0.15, 0.2) is 40.3 Å². The van der Waals surface area contributed by atoms with E-state index in [2.05, 4.69) is 30.9 Å². The van der Waals surface area contributed by atoms with Crippen molar-refractivity contribution in [2.75, 3.05) is 13.1 Å². The number of aromatic amines is 1.